The molecule has 1 heterocycles. The van der Waals surface area contributed by atoms with Crippen LogP contribution in [0.4, 0.5) is 5.69 Å². The lowest BCUT2D eigenvalue weighted by Crippen LogP contribution is -2.30. The smallest absolute Gasteiger partial charge is 0.306 e. The van der Waals surface area contributed by atoms with Gasteiger partial charge in [0.2, 0.25) is 0 Å². The number of rotatable bonds is 3. The predicted molar refractivity (Wildman–Crippen MR) is 78.8 cm³/mol. The highest BCUT2D eigenvalue weighted by atomic mass is 32.1. The minimum absolute atomic E-state index is 0.184. The van der Waals surface area contributed by atoms with Crippen molar-refractivity contribution in [2.75, 3.05) is 5.32 Å². The Bertz CT molecular complexity index is 593. The number of carbonyl (C=O) groups is 1. The van der Waals surface area contributed by atoms with Crippen LogP contribution < -0.4 is 5.32 Å². The van der Waals surface area contributed by atoms with Crippen molar-refractivity contribution in [1.29, 1.82) is 0 Å². The molecule has 4 heteroatoms. The van der Waals surface area contributed by atoms with Crippen LogP contribution >= 0.6 is 11.3 Å². The molecule has 0 saturated heterocycles. The van der Waals surface area contributed by atoms with E-state index in [0.29, 0.717) is 0 Å². The lowest BCUT2D eigenvalue weighted by Gasteiger charge is -2.28. The van der Waals surface area contributed by atoms with Crippen LogP contribution in [0, 0.1) is 5.92 Å². The molecule has 1 aliphatic rings. The molecule has 3 rings (SSSR count). The van der Waals surface area contributed by atoms with E-state index in [0.717, 1.165) is 31.4 Å². The predicted octanol–water partition coefficient (Wildman–Crippen LogP) is 3.96. The molecule has 100 valence electrons. The molecular weight excluding hydrogens is 258 g/mol. The maximum absolute atomic E-state index is 11.1. The number of carboxylic acids is 1. The van der Waals surface area contributed by atoms with Crippen molar-refractivity contribution in [3.63, 3.8) is 0 Å². The molecule has 0 amide bonds. The van der Waals surface area contributed by atoms with Gasteiger partial charge in [0.25, 0.3) is 0 Å². The van der Waals surface area contributed by atoms with Gasteiger partial charge in [0.05, 0.1) is 5.92 Å². The van der Waals surface area contributed by atoms with E-state index < -0.39 is 5.97 Å². The molecular formula is C15H17NO2S. The number of hydrogen-bond acceptors (Lipinski definition) is 3. The number of anilines is 1. The van der Waals surface area contributed by atoms with E-state index in [1.54, 1.807) is 11.3 Å². The number of benzene rings is 1. The van der Waals surface area contributed by atoms with E-state index in [1.165, 1.54) is 10.1 Å². The van der Waals surface area contributed by atoms with Gasteiger partial charge in [0.1, 0.15) is 0 Å². The first-order valence-corrected chi connectivity index (χ1v) is 7.57. The molecule has 1 aromatic heterocycles. The van der Waals surface area contributed by atoms with Gasteiger partial charge in [-0.15, -0.1) is 11.3 Å². The van der Waals surface area contributed by atoms with E-state index in [2.05, 4.69) is 35.0 Å². The summed E-state index contributed by atoms with van der Waals surface area (Å²) in [7, 11) is 0. The zero-order valence-electron chi connectivity index (χ0n) is 10.6. The fourth-order valence-electron chi connectivity index (χ4n) is 2.84. The van der Waals surface area contributed by atoms with Crippen molar-refractivity contribution >= 4 is 33.1 Å². The highest BCUT2D eigenvalue weighted by Crippen LogP contribution is 2.29. The Balaban J connectivity index is 1.71. The standard InChI is InChI=1S/C15H17NO2S/c17-15(18)11-2-1-3-12(9-11)16-13-4-5-14-10(8-13)6-7-19-14/h4-8,11-12,16H,1-3,9H2,(H,17,18). The van der Waals surface area contributed by atoms with Crippen LogP contribution in [-0.4, -0.2) is 17.1 Å². The molecule has 0 bridgehead atoms. The molecule has 2 N–H and O–H groups in total. The molecule has 1 aromatic carbocycles. The van der Waals surface area contributed by atoms with E-state index in [9.17, 15) is 4.79 Å². The molecule has 0 radical (unpaired) electrons. The molecule has 2 unspecified atom stereocenters. The highest BCUT2D eigenvalue weighted by Gasteiger charge is 2.26. The molecule has 1 saturated carbocycles. The van der Waals surface area contributed by atoms with Crippen LogP contribution in [0.15, 0.2) is 29.6 Å². The second-order valence-electron chi connectivity index (χ2n) is 5.22. The van der Waals surface area contributed by atoms with Gasteiger partial charge < -0.3 is 10.4 Å². The minimum Gasteiger partial charge on any atom is -0.481 e. The molecule has 19 heavy (non-hydrogen) atoms. The van der Waals surface area contributed by atoms with Gasteiger partial charge in [-0.2, -0.15) is 0 Å². The summed E-state index contributed by atoms with van der Waals surface area (Å²) in [5.74, 6) is -0.837. The van der Waals surface area contributed by atoms with E-state index >= 15 is 0 Å². The number of aliphatic carboxylic acids is 1. The highest BCUT2D eigenvalue weighted by molar-refractivity contribution is 7.17. The minimum atomic E-state index is -0.653. The molecule has 3 nitrogen and oxygen atoms in total. The lowest BCUT2D eigenvalue weighted by molar-refractivity contribution is -0.142. The summed E-state index contributed by atoms with van der Waals surface area (Å²) >= 11 is 1.74. The quantitative estimate of drug-likeness (QED) is 0.891. The molecule has 1 fully saturated rings. The summed E-state index contributed by atoms with van der Waals surface area (Å²) < 4.78 is 1.29. The zero-order chi connectivity index (χ0) is 13.2. The number of nitrogens with one attached hydrogen (secondary N) is 1. The fraction of sp³-hybridized carbons (Fsp3) is 0.400. The van der Waals surface area contributed by atoms with Gasteiger partial charge in [-0.05, 0) is 54.3 Å². The van der Waals surface area contributed by atoms with Crippen LogP contribution in [0.2, 0.25) is 0 Å². The van der Waals surface area contributed by atoms with Gasteiger partial charge in [0.15, 0.2) is 0 Å². The monoisotopic (exact) mass is 275 g/mol. The first-order chi connectivity index (χ1) is 9.22. The Morgan fingerprint density at radius 1 is 1.32 bits per heavy atom. The Morgan fingerprint density at radius 2 is 2.21 bits per heavy atom. The largest absolute Gasteiger partial charge is 0.481 e. The van der Waals surface area contributed by atoms with Crippen LogP contribution in [0.25, 0.3) is 10.1 Å². The van der Waals surface area contributed by atoms with E-state index in [-0.39, 0.29) is 12.0 Å². The Kier molecular flexibility index (Phi) is 3.42. The second-order valence-corrected chi connectivity index (χ2v) is 6.16. The third-order valence-electron chi connectivity index (χ3n) is 3.85. The van der Waals surface area contributed by atoms with Crippen molar-refractivity contribution in [1.82, 2.24) is 0 Å². The summed E-state index contributed by atoms with van der Waals surface area (Å²) in [4.78, 5) is 11.1. The maximum atomic E-state index is 11.1. The van der Waals surface area contributed by atoms with Crippen molar-refractivity contribution in [3.05, 3.63) is 29.6 Å². The molecule has 0 spiro atoms. The van der Waals surface area contributed by atoms with Gasteiger partial charge in [-0.25, -0.2) is 0 Å². The number of carboxylic acid groups (broad SMARTS) is 1. The summed E-state index contributed by atoms with van der Waals surface area (Å²) in [5.41, 5.74) is 1.10. The van der Waals surface area contributed by atoms with E-state index in [4.69, 9.17) is 5.11 Å². The maximum Gasteiger partial charge on any atom is 0.306 e. The molecule has 0 aliphatic heterocycles. The van der Waals surface area contributed by atoms with Gasteiger partial charge in [-0.3, -0.25) is 4.79 Å². The summed E-state index contributed by atoms with van der Waals surface area (Å²) in [6.07, 6.45) is 3.61. The lowest BCUT2D eigenvalue weighted by atomic mass is 9.85. The number of thiophene rings is 1. The Morgan fingerprint density at radius 3 is 3.05 bits per heavy atom. The Labute approximate surface area is 116 Å². The normalized spacial score (nSPS) is 23.4. The van der Waals surface area contributed by atoms with Crippen molar-refractivity contribution in [3.8, 4) is 0 Å². The third-order valence-corrected chi connectivity index (χ3v) is 4.74. The number of fused-ring (bicyclic) bond motifs is 1. The van der Waals surface area contributed by atoms with Crippen LogP contribution in [0.1, 0.15) is 25.7 Å². The third kappa shape index (κ3) is 2.73. The van der Waals surface area contributed by atoms with Crippen LogP contribution in [0.3, 0.4) is 0 Å². The molecule has 1 aliphatic carbocycles. The second kappa shape index (κ2) is 5.21. The van der Waals surface area contributed by atoms with Crippen molar-refractivity contribution in [2.45, 2.75) is 31.7 Å². The fourth-order valence-corrected chi connectivity index (χ4v) is 3.61. The first kappa shape index (κ1) is 12.5. The SMILES string of the molecule is O=C(O)C1CCCC(Nc2ccc3sccc3c2)C1. The number of hydrogen-bond donors (Lipinski definition) is 2. The van der Waals surface area contributed by atoms with Crippen LogP contribution in [0.5, 0.6) is 0 Å². The topological polar surface area (TPSA) is 49.3 Å². The average Bonchev–Trinajstić information content (AvgIpc) is 2.86. The Hall–Kier alpha value is -1.55. The molecule has 2 aromatic rings. The van der Waals surface area contributed by atoms with Crippen molar-refractivity contribution in [2.24, 2.45) is 5.92 Å². The van der Waals surface area contributed by atoms with Gasteiger partial charge >= 0.3 is 5.97 Å². The zero-order valence-corrected chi connectivity index (χ0v) is 11.5. The average molecular weight is 275 g/mol. The van der Waals surface area contributed by atoms with Crippen LogP contribution in [-0.2, 0) is 4.79 Å². The van der Waals surface area contributed by atoms with Gasteiger partial charge in [-0.1, -0.05) is 6.42 Å². The first-order valence-electron chi connectivity index (χ1n) is 6.69. The molecule has 2 atom stereocenters. The van der Waals surface area contributed by atoms with Crippen molar-refractivity contribution < 1.29 is 9.90 Å². The summed E-state index contributed by atoms with van der Waals surface area (Å²) in [5, 5.41) is 15.9. The summed E-state index contributed by atoms with van der Waals surface area (Å²) in [6.45, 7) is 0. The summed E-state index contributed by atoms with van der Waals surface area (Å²) in [6, 6.07) is 8.76. The van der Waals surface area contributed by atoms with Gasteiger partial charge in [0, 0.05) is 16.4 Å². The van der Waals surface area contributed by atoms with E-state index in [1.807, 2.05) is 0 Å².